The van der Waals surface area contributed by atoms with Gasteiger partial charge < -0.3 is 15.5 Å². The highest BCUT2D eigenvalue weighted by atomic mass is 16.2. The van der Waals surface area contributed by atoms with Gasteiger partial charge in [0.15, 0.2) is 0 Å². The van der Waals surface area contributed by atoms with Gasteiger partial charge in [0.05, 0.1) is 0 Å². The van der Waals surface area contributed by atoms with Crippen molar-refractivity contribution in [2.24, 2.45) is 0 Å². The molecule has 1 aromatic carbocycles. The highest BCUT2D eigenvalue weighted by Gasteiger charge is 2.14. The zero-order chi connectivity index (χ0) is 17.2. The summed E-state index contributed by atoms with van der Waals surface area (Å²) in [5.41, 5.74) is 2.74. The number of carbonyl (C=O) groups is 1. The zero-order valence-corrected chi connectivity index (χ0v) is 15.1. The molecule has 0 saturated heterocycles. The van der Waals surface area contributed by atoms with Crippen LogP contribution in [0, 0.1) is 0 Å². The smallest absolute Gasteiger partial charge is 0.315 e. The summed E-state index contributed by atoms with van der Waals surface area (Å²) in [5, 5.41) is 6.13. The maximum absolute atomic E-state index is 12.2. The van der Waals surface area contributed by atoms with E-state index in [-0.39, 0.29) is 12.1 Å². The summed E-state index contributed by atoms with van der Waals surface area (Å²) < 4.78 is 0. The van der Waals surface area contributed by atoms with E-state index < -0.39 is 0 Å². The van der Waals surface area contributed by atoms with Gasteiger partial charge in [-0.3, -0.25) is 0 Å². The Bertz CT molecular complexity index is 525. The average Bonchev–Trinajstić information content (AvgIpc) is 2.56. The molecule has 1 aliphatic rings. The molecular weight excluding hydrogens is 298 g/mol. The van der Waals surface area contributed by atoms with Crippen LogP contribution in [0.3, 0.4) is 0 Å². The summed E-state index contributed by atoms with van der Waals surface area (Å²) >= 11 is 0. The number of hydrogen-bond donors (Lipinski definition) is 2. The van der Waals surface area contributed by atoms with Crippen molar-refractivity contribution in [3.8, 4) is 0 Å². The lowest BCUT2D eigenvalue weighted by Gasteiger charge is -2.23. The van der Waals surface area contributed by atoms with Crippen molar-refractivity contribution in [3.63, 3.8) is 0 Å². The third kappa shape index (κ3) is 7.18. The number of amides is 2. The van der Waals surface area contributed by atoms with E-state index in [9.17, 15) is 4.79 Å². The minimum atomic E-state index is -0.0609. The van der Waals surface area contributed by atoms with Crippen molar-refractivity contribution < 1.29 is 4.79 Å². The lowest BCUT2D eigenvalue weighted by atomic mass is 9.97. The number of allylic oxidation sites excluding steroid dienone is 1. The third-order valence-electron chi connectivity index (χ3n) is 4.36. The fourth-order valence-electron chi connectivity index (χ4n) is 3.21. The Morgan fingerprint density at radius 1 is 1.21 bits per heavy atom. The number of nitrogens with one attached hydrogen (secondary N) is 2. The molecule has 0 aliphatic heterocycles. The predicted molar refractivity (Wildman–Crippen MR) is 100 cm³/mol. The van der Waals surface area contributed by atoms with Gasteiger partial charge >= 0.3 is 6.03 Å². The van der Waals surface area contributed by atoms with Gasteiger partial charge in [0, 0.05) is 19.1 Å². The van der Waals surface area contributed by atoms with Crippen LogP contribution in [-0.4, -0.2) is 44.2 Å². The topological polar surface area (TPSA) is 44.4 Å². The standard InChI is InChI=1S/C20H31N3O/c1-23(2)16-19(15-18-11-7-4-8-12-18)22-20(24)21-14-13-17-9-5-3-6-10-17/h4,7-9,11-12,19H,3,5-6,10,13-16H2,1-2H3,(H2,21,22,24). The second-order valence-electron chi connectivity index (χ2n) is 6.91. The number of benzene rings is 1. The van der Waals surface area contributed by atoms with Crippen LogP contribution in [0.15, 0.2) is 42.0 Å². The van der Waals surface area contributed by atoms with Crippen LogP contribution in [0.25, 0.3) is 0 Å². The van der Waals surface area contributed by atoms with E-state index in [1.54, 1.807) is 0 Å². The first-order valence-corrected chi connectivity index (χ1v) is 9.04. The van der Waals surface area contributed by atoms with Gasteiger partial charge in [-0.05, 0) is 58.2 Å². The summed E-state index contributed by atoms with van der Waals surface area (Å²) in [6.45, 7) is 1.55. The first-order chi connectivity index (χ1) is 11.6. The molecule has 4 heteroatoms. The highest BCUT2D eigenvalue weighted by Crippen LogP contribution is 2.19. The van der Waals surface area contributed by atoms with E-state index in [1.165, 1.54) is 36.8 Å². The Balaban J connectivity index is 1.77. The van der Waals surface area contributed by atoms with E-state index in [0.29, 0.717) is 0 Å². The predicted octanol–water partition coefficient (Wildman–Crippen LogP) is 3.35. The Morgan fingerprint density at radius 2 is 2.00 bits per heavy atom. The van der Waals surface area contributed by atoms with Crippen molar-refractivity contribution in [1.29, 1.82) is 0 Å². The van der Waals surface area contributed by atoms with Crippen LogP contribution < -0.4 is 10.6 Å². The summed E-state index contributed by atoms with van der Waals surface area (Å²) in [6.07, 6.45) is 9.16. The number of hydrogen-bond acceptors (Lipinski definition) is 2. The first kappa shape index (κ1) is 18.5. The van der Waals surface area contributed by atoms with Gasteiger partial charge in [-0.2, -0.15) is 0 Å². The molecule has 4 nitrogen and oxygen atoms in total. The second-order valence-corrected chi connectivity index (χ2v) is 6.91. The van der Waals surface area contributed by atoms with Crippen molar-refractivity contribution in [3.05, 3.63) is 47.5 Å². The van der Waals surface area contributed by atoms with Gasteiger partial charge in [0.25, 0.3) is 0 Å². The molecule has 2 rings (SSSR count). The van der Waals surface area contributed by atoms with E-state index in [4.69, 9.17) is 0 Å². The summed E-state index contributed by atoms with van der Waals surface area (Å²) in [4.78, 5) is 14.3. The fourth-order valence-corrected chi connectivity index (χ4v) is 3.21. The van der Waals surface area contributed by atoms with Crippen LogP contribution in [0.4, 0.5) is 4.79 Å². The Labute approximate surface area is 146 Å². The van der Waals surface area contributed by atoms with E-state index >= 15 is 0 Å². The molecule has 0 heterocycles. The number of nitrogens with zero attached hydrogens (tertiary/aromatic N) is 1. The van der Waals surface area contributed by atoms with Gasteiger partial charge in [-0.1, -0.05) is 42.0 Å². The van der Waals surface area contributed by atoms with Crippen LogP contribution in [-0.2, 0) is 6.42 Å². The van der Waals surface area contributed by atoms with E-state index in [1.807, 2.05) is 32.3 Å². The second kappa shape index (κ2) is 10.1. The number of urea groups is 1. The molecule has 0 radical (unpaired) electrons. The maximum Gasteiger partial charge on any atom is 0.315 e. The first-order valence-electron chi connectivity index (χ1n) is 9.04. The van der Waals surface area contributed by atoms with Crippen LogP contribution in [0.2, 0.25) is 0 Å². The minimum absolute atomic E-state index is 0.0609. The molecule has 2 N–H and O–H groups in total. The number of likely N-dealkylation sites (N-methyl/N-ethyl adjacent to an activating group) is 1. The Hall–Kier alpha value is -1.81. The molecule has 0 fully saturated rings. The lowest BCUT2D eigenvalue weighted by molar-refractivity contribution is 0.232. The fraction of sp³-hybridized carbons (Fsp3) is 0.550. The van der Waals surface area contributed by atoms with Crippen molar-refractivity contribution in [2.45, 2.75) is 44.6 Å². The summed E-state index contributed by atoms with van der Waals surface area (Å²) in [5.74, 6) is 0. The molecule has 2 amide bonds. The van der Waals surface area contributed by atoms with E-state index in [0.717, 1.165) is 25.9 Å². The molecule has 0 spiro atoms. The Kier molecular flexibility index (Phi) is 7.83. The average molecular weight is 329 g/mol. The van der Waals surface area contributed by atoms with Gasteiger partial charge in [0.1, 0.15) is 0 Å². The molecule has 0 saturated carbocycles. The Morgan fingerprint density at radius 3 is 2.67 bits per heavy atom. The molecule has 0 aromatic heterocycles. The monoisotopic (exact) mass is 329 g/mol. The minimum Gasteiger partial charge on any atom is -0.338 e. The summed E-state index contributed by atoms with van der Waals surface area (Å²) in [6, 6.07) is 10.4. The maximum atomic E-state index is 12.2. The van der Waals surface area contributed by atoms with Crippen LogP contribution in [0.5, 0.6) is 0 Å². The van der Waals surface area contributed by atoms with Crippen LogP contribution >= 0.6 is 0 Å². The summed E-state index contributed by atoms with van der Waals surface area (Å²) in [7, 11) is 4.07. The molecule has 132 valence electrons. The van der Waals surface area contributed by atoms with Gasteiger partial charge in [0.2, 0.25) is 0 Å². The molecule has 0 bridgehead atoms. The molecule has 1 unspecified atom stereocenters. The van der Waals surface area contributed by atoms with Crippen molar-refractivity contribution in [1.82, 2.24) is 15.5 Å². The molecule has 1 aromatic rings. The SMILES string of the molecule is CN(C)CC(Cc1ccccc1)NC(=O)NCCC1=CCCCC1. The van der Waals surface area contributed by atoms with Gasteiger partial charge in [-0.25, -0.2) is 4.79 Å². The normalized spacial score (nSPS) is 15.7. The molecule has 1 atom stereocenters. The van der Waals surface area contributed by atoms with Gasteiger partial charge in [-0.15, -0.1) is 0 Å². The van der Waals surface area contributed by atoms with Crippen LogP contribution in [0.1, 0.15) is 37.7 Å². The number of carbonyl (C=O) groups excluding carboxylic acids is 1. The largest absolute Gasteiger partial charge is 0.338 e. The van der Waals surface area contributed by atoms with Crippen molar-refractivity contribution >= 4 is 6.03 Å². The quantitative estimate of drug-likeness (QED) is 0.718. The molecular formula is C20H31N3O. The zero-order valence-electron chi connectivity index (χ0n) is 15.1. The molecule has 24 heavy (non-hydrogen) atoms. The molecule has 1 aliphatic carbocycles. The van der Waals surface area contributed by atoms with Crippen molar-refractivity contribution in [2.75, 3.05) is 27.2 Å². The third-order valence-corrected chi connectivity index (χ3v) is 4.36. The number of rotatable bonds is 8. The van der Waals surface area contributed by atoms with E-state index in [2.05, 4.69) is 33.7 Å². The highest BCUT2D eigenvalue weighted by molar-refractivity contribution is 5.74. The lowest BCUT2D eigenvalue weighted by Crippen LogP contribution is -2.47.